The molecule has 0 saturated heterocycles. The maximum Gasteiger partial charge on any atom is 0.337 e. The van der Waals surface area contributed by atoms with E-state index in [4.69, 9.17) is 11.6 Å². The fourth-order valence-electron chi connectivity index (χ4n) is 2.97. The quantitative estimate of drug-likeness (QED) is 0.567. The number of esters is 1. The summed E-state index contributed by atoms with van der Waals surface area (Å²) in [4.78, 5) is 23.9. The van der Waals surface area contributed by atoms with Gasteiger partial charge in [0, 0.05) is 10.7 Å². The summed E-state index contributed by atoms with van der Waals surface area (Å²) in [6, 6.07) is 23.8. The number of ether oxygens (including phenoxy) is 1. The summed E-state index contributed by atoms with van der Waals surface area (Å²) in [5, 5.41) is 6.75. The highest BCUT2D eigenvalue weighted by Crippen LogP contribution is 2.24. The fourth-order valence-corrected chi connectivity index (χ4v) is 3.17. The molecule has 1 amide bonds. The Morgan fingerprint density at radius 2 is 1.62 bits per heavy atom. The molecule has 1 atom stereocenters. The van der Waals surface area contributed by atoms with E-state index in [1.165, 1.54) is 7.11 Å². The minimum absolute atomic E-state index is 0.102. The third-order valence-electron chi connectivity index (χ3n) is 4.37. The first-order chi connectivity index (χ1) is 14.1. The average Bonchev–Trinajstić information content (AvgIpc) is 2.75. The minimum Gasteiger partial charge on any atom is -0.465 e. The van der Waals surface area contributed by atoms with Crippen molar-refractivity contribution in [2.45, 2.75) is 6.04 Å². The molecule has 0 radical (unpaired) electrons. The number of carbonyl (C=O) groups excluding carboxylic acids is 2. The van der Waals surface area contributed by atoms with Crippen molar-refractivity contribution < 1.29 is 14.3 Å². The molecular weight excluding hydrogens is 388 g/mol. The number of hydrogen-bond donors (Lipinski definition) is 2. The lowest BCUT2D eigenvalue weighted by atomic mass is 9.99. The zero-order valence-electron chi connectivity index (χ0n) is 15.9. The Morgan fingerprint density at radius 1 is 0.931 bits per heavy atom. The Hall–Kier alpha value is -3.15. The van der Waals surface area contributed by atoms with Crippen molar-refractivity contribution in [1.82, 2.24) is 5.32 Å². The second kappa shape index (κ2) is 9.87. The third kappa shape index (κ3) is 5.67. The Kier molecular flexibility index (Phi) is 7.00. The first kappa shape index (κ1) is 20.6. The van der Waals surface area contributed by atoms with E-state index in [-0.39, 0.29) is 18.5 Å². The Bertz CT molecular complexity index is 975. The van der Waals surface area contributed by atoms with Gasteiger partial charge in [0.25, 0.3) is 0 Å². The van der Waals surface area contributed by atoms with E-state index < -0.39 is 5.97 Å². The number of rotatable bonds is 7. The SMILES string of the molecule is COC(=O)c1ccc(NC(=O)CNC(c2ccccc2)c2cccc(Cl)c2)cc1. The highest BCUT2D eigenvalue weighted by molar-refractivity contribution is 6.30. The van der Waals surface area contributed by atoms with Crippen molar-refractivity contribution >= 4 is 29.2 Å². The van der Waals surface area contributed by atoms with Crippen molar-refractivity contribution in [1.29, 1.82) is 0 Å². The van der Waals surface area contributed by atoms with Crippen LogP contribution in [0.1, 0.15) is 27.5 Å². The van der Waals surface area contributed by atoms with Crippen LogP contribution in [0.15, 0.2) is 78.9 Å². The standard InChI is InChI=1S/C23H21ClN2O3/c1-29-23(28)17-10-12-20(13-11-17)26-21(27)15-25-22(16-6-3-2-4-7-16)18-8-5-9-19(24)14-18/h2-14,22,25H,15H2,1H3,(H,26,27). The molecule has 0 aliphatic carbocycles. The molecule has 0 aromatic heterocycles. The van der Waals surface area contributed by atoms with Gasteiger partial charge in [0.1, 0.15) is 0 Å². The Balaban J connectivity index is 1.67. The van der Waals surface area contributed by atoms with Crippen molar-refractivity contribution in [3.63, 3.8) is 0 Å². The van der Waals surface area contributed by atoms with Gasteiger partial charge in [-0.25, -0.2) is 4.79 Å². The molecule has 1 unspecified atom stereocenters. The van der Waals surface area contributed by atoms with Crippen LogP contribution in [-0.4, -0.2) is 25.5 Å². The Labute approximate surface area is 174 Å². The number of carbonyl (C=O) groups is 2. The normalized spacial score (nSPS) is 11.5. The summed E-state index contributed by atoms with van der Waals surface area (Å²) >= 11 is 6.15. The molecule has 3 aromatic carbocycles. The van der Waals surface area contributed by atoms with Crippen LogP contribution in [-0.2, 0) is 9.53 Å². The van der Waals surface area contributed by atoms with Crippen LogP contribution in [0.25, 0.3) is 0 Å². The average molecular weight is 409 g/mol. The van der Waals surface area contributed by atoms with Gasteiger partial charge in [-0.1, -0.05) is 54.1 Å². The molecule has 0 heterocycles. The third-order valence-corrected chi connectivity index (χ3v) is 4.61. The second-order valence-electron chi connectivity index (χ2n) is 6.40. The van der Waals surface area contributed by atoms with E-state index in [0.717, 1.165) is 11.1 Å². The van der Waals surface area contributed by atoms with Crippen molar-refractivity contribution in [2.75, 3.05) is 19.0 Å². The number of benzene rings is 3. The number of nitrogens with one attached hydrogen (secondary N) is 2. The largest absolute Gasteiger partial charge is 0.465 e. The molecule has 3 aromatic rings. The summed E-state index contributed by atoms with van der Waals surface area (Å²) in [7, 11) is 1.33. The second-order valence-corrected chi connectivity index (χ2v) is 6.83. The van der Waals surface area contributed by atoms with Crippen LogP contribution in [0.3, 0.4) is 0 Å². The smallest absolute Gasteiger partial charge is 0.337 e. The monoisotopic (exact) mass is 408 g/mol. The molecular formula is C23H21ClN2O3. The lowest BCUT2D eigenvalue weighted by Crippen LogP contribution is -2.31. The summed E-state index contributed by atoms with van der Waals surface area (Å²) < 4.78 is 4.67. The van der Waals surface area contributed by atoms with E-state index in [0.29, 0.717) is 16.3 Å². The van der Waals surface area contributed by atoms with E-state index in [9.17, 15) is 9.59 Å². The van der Waals surface area contributed by atoms with E-state index in [1.54, 1.807) is 24.3 Å². The maximum absolute atomic E-state index is 12.4. The summed E-state index contributed by atoms with van der Waals surface area (Å²) in [5.74, 6) is -0.615. The van der Waals surface area contributed by atoms with Gasteiger partial charge < -0.3 is 10.1 Å². The predicted octanol–water partition coefficient (Wildman–Crippen LogP) is 4.44. The molecule has 5 nitrogen and oxygen atoms in total. The first-order valence-corrected chi connectivity index (χ1v) is 9.46. The number of hydrogen-bond acceptors (Lipinski definition) is 4. The topological polar surface area (TPSA) is 67.4 Å². The van der Waals surface area contributed by atoms with E-state index >= 15 is 0 Å². The van der Waals surface area contributed by atoms with Gasteiger partial charge in [0.2, 0.25) is 5.91 Å². The van der Waals surface area contributed by atoms with Crippen LogP contribution in [0.4, 0.5) is 5.69 Å². The number of halogens is 1. The molecule has 0 fully saturated rings. The maximum atomic E-state index is 12.4. The molecule has 2 N–H and O–H groups in total. The van der Waals surface area contributed by atoms with Crippen molar-refractivity contribution in [3.05, 3.63) is 101 Å². The van der Waals surface area contributed by atoms with Gasteiger partial charge in [0.15, 0.2) is 0 Å². The zero-order chi connectivity index (χ0) is 20.6. The minimum atomic E-state index is -0.420. The molecule has 148 valence electrons. The lowest BCUT2D eigenvalue weighted by molar-refractivity contribution is -0.115. The molecule has 0 bridgehead atoms. The summed E-state index contributed by atoms with van der Waals surface area (Å²) in [6.45, 7) is 0.102. The van der Waals surface area contributed by atoms with Crippen LogP contribution in [0, 0.1) is 0 Å². The summed E-state index contributed by atoms with van der Waals surface area (Å²) in [5.41, 5.74) is 3.03. The molecule has 0 saturated carbocycles. The van der Waals surface area contributed by atoms with Gasteiger partial charge in [0.05, 0.1) is 25.3 Å². The van der Waals surface area contributed by atoms with E-state index in [2.05, 4.69) is 15.4 Å². The van der Waals surface area contributed by atoms with Crippen molar-refractivity contribution in [2.24, 2.45) is 0 Å². The molecule has 3 rings (SSSR count). The number of amides is 1. The summed E-state index contributed by atoms with van der Waals surface area (Å²) in [6.07, 6.45) is 0. The van der Waals surface area contributed by atoms with Gasteiger partial charge in [-0.05, 0) is 47.5 Å². The molecule has 6 heteroatoms. The molecule has 29 heavy (non-hydrogen) atoms. The van der Waals surface area contributed by atoms with E-state index in [1.807, 2.05) is 54.6 Å². The fraction of sp³-hybridized carbons (Fsp3) is 0.130. The van der Waals surface area contributed by atoms with Crippen molar-refractivity contribution in [3.8, 4) is 0 Å². The van der Waals surface area contributed by atoms with Gasteiger partial charge in [-0.2, -0.15) is 0 Å². The zero-order valence-corrected chi connectivity index (χ0v) is 16.6. The van der Waals surface area contributed by atoms with Gasteiger partial charge >= 0.3 is 5.97 Å². The number of methoxy groups -OCH3 is 1. The highest BCUT2D eigenvalue weighted by Gasteiger charge is 2.15. The lowest BCUT2D eigenvalue weighted by Gasteiger charge is -2.20. The first-order valence-electron chi connectivity index (χ1n) is 9.09. The molecule has 0 aliphatic heterocycles. The van der Waals surface area contributed by atoms with Crippen LogP contribution in [0.5, 0.6) is 0 Å². The predicted molar refractivity (Wildman–Crippen MR) is 114 cm³/mol. The number of anilines is 1. The van der Waals surface area contributed by atoms with Gasteiger partial charge in [-0.15, -0.1) is 0 Å². The van der Waals surface area contributed by atoms with Gasteiger partial charge in [-0.3, -0.25) is 10.1 Å². The van der Waals surface area contributed by atoms with Crippen LogP contribution in [0.2, 0.25) is 5.02 Å². The molecule has 0 aliphatic rings. The van der Waals surface area contributed by atoms with Crippen LogP contribution < -0.4 is 10.6 Å². The molecule has 0 spiro atoms. The highest BCUT2D eigenvalue weighted by atomic mass is 35.5. The Morgan fingerprint density at radius 3 is 2.28 bits per heavy atom. The van der Waals surface area contributed by atoms with Crippen LogP contribution >= 0.6 is 11.6 Å².